The summed E-state index contributed by atoms with van der Waals surface area (Å²) >= 11 is 1.92. The summed E-state index contributed by atoms with van der Waals surface area (Å²) in [6, 6.07) is 0. The first-order chi connectivity index (χ1) is 8.11. The van der Waals surface area contributed by atoms with Gasteiger partial charge in [0.25, 0.3) is 0 Å². The van der Waals surface area contributed by atoms with Gasteiger partial charge in [0.15, 0.2) is 0 Å². The number of fused-ring (bicyclic) bond motifs is 3. The monoisotopic (exact) mass is 251 g/mol. The lowest BCUT2D eigenvalue weighted by atomic mass is 9.71. The van der Waals surface area contributed by atoms with E-state index < -0.39 is 0 Å². The third-order valence-electron chi connectivity index (χ3n) is 4.40. The lowest BCUT2D eigenvalue weighted by molar-refractivity contribution is -0.138. The normalized spacial score (nSPS) is 41.1. The van der Waals surface area contributed by atoms with E-state index in [4.69, 9.17) is 0 Å². The standard InChI is InChI=1S/C13H17NO2S/c1-7-5-17-6-10-8(7)3-4-9-11(10)13(16)14(2)12(9)15/h3,7,9-11H,4-6H2,1-2H3/t7-,9+,10-,11+/m1/s1. The number of rotatable bonds is 0. The van der Waals surface area contributed by atoms with Gasteiger partial charge in [-0.05, 0) is 18.1 Å². The van der Waals surface area contributed by atoms with Gasteiger partial charge in [-0.2, -0.15) is 11.8 Å². The molecule has 3 rings (SSSR count). The second-order valence-electron chi connectivity index (χ2n) is 5.35. The van der Waals surface area contributed by atoms with Crippen LogP contribution in [0.25, 0.3) is 0 Å². The predicted molar refractivity (Wildman–Crippen MR) is 67.4 cm³/mol. The van der Waals surface area contributed by atoms with E-state index in [1.54, 1.807) is 7.05 Å². The maximum absolute atomic E-state index is 12.2. The Morgan fingerprint density at radius 2 is 2.00 bits per heavy atom. The smallest absolute Gasteiger partial charge is 0.233 e. The molecule has 0 saturated carbocycles. The summed E-state index contributed by atoms with van der Waals surface area (Å²) in [7, 11) is 1.63. The lowest BCUT2D eigenvalue weighted by Gasteiger charge is -2.38. The van der Waals surface area contributed by atoms with Crippen molar-refractivity contribution < 1.29 is 9.59 Å². The van der Waals surface area contributed by atoms with E-state index in [0.29, 0.717) is 11.8 Å². The van der Waals surface area contributed by atoms with Crippen LogP contribution in [0.15, 0.2) is 11.6 Å². The van der Waals surface area contributed by atoms with Gasteiger partial charge in [-0.1, -0.05) is 18.6 Å². The highest BCUT2D eigenvalue weighted by Crippen LogP contribution is 2.47. The average Bonchev–Trinajstić information content (AvgIpc) is 2.55. The van der Waals surface area contributed by atoms with Crippen molar-refractivity contribution in [3.63, 3.8) is 0 Å². The summed E-state index contributed by atoms with van der Waals surface area (Å²) in [6.45, 7) is 2.23. The highest BCUT2D eigenvalue weighted by molar-refractivity contribution is 7.99. The molecule has 3 nitrogen and oxygen atoms in total. The average molecular weight is 251 g/mol. The number of hydrogen-bond acceptors (Lipinski definition) is 3. The van der Waals surface area contributed by atoms with E-state index in [9.17, 15) is 9.59 Å². The molecule has 0 unspecified atom stereocenters. The van der Waals surface area contributed by atoms with Crippen molar-refractivity contribution >= 4 is 23.6 Å². The first kappa shape index (κ1) is 11.3. The van der Waals surface area contributed by atoms with E-state index in [-0.39, 0.29) is 23.7 Å². The van der Waals surface area contributed by atoms with Crippen LogP contribution in [0.4, 0.5) is 0 Å². The van der Waals surface area contributed by atoms with Gasteiger partial charge in [0.1, 0.15) is 0 Å². The van der Waals surface area contributed by atoms with E-state index in [0.717, 1.165) is 17.9 Å². The summed E-state index contributed by atoms with van der Waals surface area (Å²) < 4.78 is 0. The van der Waals surface area contributed by atoms with Gasteiger partial charge in [-0.15, -0.1) is 0 Å². The van der Waals surface area contributed by atoms with Gasteiger partial charge >= 0.3 is 0 Å². The fourth-order valence-corrected chi connectivity index (χ4v) is 4.80. The fourth-order valence-electron chi connectivity index (χ4n) is 3.46. The van der Waals surface area contributed by atoms with Crippen molar-refractivity contribution in [3.05, 3.63) is 11.6 Å². The largest absolute Gasteiger partial charge is 0.285 e. The third-order valence-corrected chi connectivity index (χ3v) is 5.73. The number of nitrogens with zero attached hydrogens (tertiary/aromatic N) is 1. The summed E-state index contributed by atoms with van der Waals surface area (Å²) in [5, 5.41) is 0. The Morgan fingerprint density at radius 1 is 1.24 bits per heavy atom. The molecule has 2 fully saturated rings. The second-order valence-corrected chi connectivity index (χ2v) is 6.43. The van der Waals surface area contributed by atoms with Crippen molar-refractivity contribution in [2.45, 2.75) is 13.3 Å². The number of carbonyl (C=O) groups is 2. The van der Waals surface area contributed by atoms with Crippen molar-refractivity contribution in [2.24, 2.45) is 23.7 Å². The van der Waals surface area contributed by atoms with Gasteiger partial charge in [0.2, 0.25) is 11.8 Å². The van der Waals surface area contributed by atoms with Crippen LogP contribution in [0.3, 0.4) is 0 Å². The minimum Gasteiger partial charge on any atom is -0.285 e. The van der Waals surface area contributed by atoms with Crippen LogP contribution in [0.5, 0.6) is 0 Å². The van der Waals surface area contributed by atoms with Crippen molar-refractivity contribution in [3.8, 4) is 0 Å². The molecule has 0 aromatic carbocycles. The SMILES string of the molecule is C[C@@H]1CSC[C@@H]2C1=CC[C@@H]1C(=O)N(C)C(=O)[C@@H]12. The molecule has 0 N–H and O–H groups in total. The lowest BCUT2D eigenvalue weighted by Crippen LogP contribution is -2.37. The minimum absolute atomic E-state index is 0.0264. The van der Waals surface area contributed by atoms with Crippen molar-refractivity contribution in [2.75, 3.05) is 18.6 Å². The minimum atomic E-state index is -0.0767. The molecule has 2 saturated heterocycles. The molecule has 2 amide bonds. The third kappa shape index (κ3) is 1.49. The summed E-state index contributed by atoms with van der Waals surface area (Å²) in [4.78, 5) is 25.5. The summed E-state index contributed by atoms with van der Waals surface area (Å²) in [5.74, 6) is 2.96. The molecular formula is C13H17NO2S. The number of amides is 2. The molecule has 0 aromatic heterocycles. The summed E-state index contributed by atoms with van der Waals surface area (Å²) in [6.07, 6.45) is 3.00. The fraction of sp³-hybridized carbons (Fsp3) is 0.692. The molecule has 0 bridgehead atoms. The Bertz CT molecular complexity index is 418. The molecular weight excluding hydrogens is 234 g/mol. The molecule has 0 spiro atoms. The Hall–Kier alpha value is -0.770. The zero-order valence-corrected chi connectivity index (χ0v) is 11.0. The van der Waals surface area contributed by atoms with Crippen molar-refractivity contribution in [1.29, 1.82) is 0 Å². The molecule has 0 aromatic rings. The number of likely N-dealkylation sites (tertiary alicyclic amines) is 1. The van der Waals surface area contributed by atoms with Crippen LogP contribution in [0.1, 0.15) is 13.3 Å². The van der Waals surface area contributed by atoms with E-state index in [2.05, 4.69) is 13.0 Å². The van der Waals surface area contributed by atoms with Gasteiger partial charge < -0.3 is 0 Å². The van der Waals surface area contributed by atoms with E-state index in [1.807, 2.05) is 11.8 Å². The molecule has 0 radical (unpaired) electrons. The molecule has 4 atom stereocenters. The Balaban J connectivity index is 1.98. The van der Waals surface area contributed by atoms with Gasteiger partial charge in [0.05, 0.1) is 11.8 Å². The molecule has 3 aliphatic rings. The van der Waals surface area contributed by atoms with Crippen LogP contribution >= 0.6 is 11.8 Å². The first-order valence-corrected chi connectivity index (χ1v) is 7.36. The van der Waals surface area contributed by atoms with Gasteiger partial charge in [-0.3, -0.25) is 14.5 Å². The highest BCUT2D eigenvalue weighted by Gasteiger charge is 2.52. The second kappa shape index (κ2) is 3.87. The molecule has 92 valence electrons. The van der Waals surface area contributed by atoms with Crippen LogP contribution in [-0.2, 0) is 9.59 Å². The maximum atomic E-state index is 12.2. The number of thioether (sulfide) groups is 1. The van der Waals surface area contributed by atoms with E-state index >= 15 is 0 Å². The quantitative estimate of drug-likeness (QED) is 0.484. The Labute approximate surface area is 106 Å². The number of allylic oxidation sites excluding steroid dienone is 2. The Kier molecular flexibility index (Phi) is 2.58. The zero-order chi connectivity index (χ0) is 12.2. The van der Waals surface area contributed by atoms with Crippen LogP contribution in [0, 0.1) is 23.7 Å². The number of carbonyl (C=O) groups excluding carboxylic acids is 2. The molecule has 2 heterocycles. The number of imide groups is 1. The Morgan fingerprint density at radius 3 is 2.76 bits per heavy atom. The van der Waals surface area contributed by atoms with Gasteiger partial charge in [0, 0.05) is 18.7 Å². The first-order valence-electron chi connectivity index (χ1n) is 6.20. The molecule has 2 aliphatic heterocycles. The molecule has 4 heteroatoms. The number of hydrogen-bond donors (Lipinski definition) is 0. The topological polar surface area (TPSA) is 37.4 Å². The van der Waals surface area contributed by atoms with Crippen LogP contribution < -0.4 is 0 Å². The molecule has 17 heavy (non-hydrogen) atoms. The van der Waals surface area contributed by atoms with Crippen LogP contribution in [0.2, 0.25) is 0 Å². The highest BCUT2D eigenvalue weighted by atomic mass is 32.2. The molecule has 1 aliphatic carbocycles. The maximum Gasteiger partial charge on any atom is 0.233 e. The zero-order valence-electron chi connectivity index (χ0n) is 10.2. The van der Waals surface area contributed by atoms with Gasteiger partial charge in [-0.25, -0.2) is 0 Å². The van der Waals surface area contributed by atoms with E-state index in [1.165, 1.54) is 10.5 Å². The van der Waals surface area contributed by atoms with Crippen LogP contribution in [-0.4, -0.2) is 35.3 Å². The van der Waals surface area contributed by atoms with Crippen molar-refractivity contribution in [1.82, 2.24) is 4.90 Å². The predicted octanol–water partition coefficient (Wildman–Crippen LogP) is 1.55. The summed E-state index contributed by atoms with van der Waals surface area (Å²) in [5.41, 5.74) is 1.43.